The van der Waals surface area contributed by atoms with Gasteiger partial charge in [0.15, 0.2) is 0 Å². The lowest BCUT2D eigenvalue weighted by atomic mass is 10.3. The smallest absolute Gasteiger partial charge is 0.297 e. The van der Waals surface area contributed by atoms with E-state index in [0.717, 1.165) is 10.6 Å². The van der Waals surface area contributed by atoms with Crippen molar-refractivity contribution in [3.8, 4) is 5.69 Å². The number of nitro benzene ring substituents is 1. The minimum Gasteiger partial charge on any atom is -0.297 e. The normalized spacial score (nSPS) is 10.4. The van der Waals surface area contributed by atoms with E-state index in [1.807, 2.05) is 0 Å². The van der Waals surface area contributed by atoms with E-state index in [1.165, 1.54) is 18.2 Å². The second-order valence-electron chi connectivity index (χ2n) is 3.49. The van der Waals surface area contributed by atoms with Gasteiger partial charge in [0.2, 0.25) is 0 Å². The van der Waals surface area contributed by atoms with Crippen LogP contribution in [0.2, 0.25) is 5.15 Å². The van der Waals surface area contributed by atoms with E-state index in [-0.39, 0.29) is 21.0 Å². The molecule has 1 aromatic heterocycles. The van der Waals surface area contributed by atoms with Crippen molar-refractivity contribution in [2.24, 2.45) is 0 Å². The van der Waals surface area contributed by atoms with Crippen LogP contribution in [0.25, 0.3) is 5.69 Å². The molecule has 98 valence electrons. The molecule has 0 bridgehead atoms. The number of aromatic nitrogens is 2. The molecule has 1 heterocycles. The Morgan fingerprint density at radius 3 is 2.53 bits per heavy atom. The Morgan fingerprint density at radius 1 is 1.32 bits per heavy atom. The molecule has 2 aromatic rings. The zero-order valence-electron chi connectivity index (χ0n) is 9.09. The lowest BCUT2D eigenvalue weighted by molar-refractivity contribution is -0.384. The molecule has 0 fully saturated rings. The van der Waals surface area contributed by atoms with E-state index in [0.29, 0.717) is 0 Å². The maximum Gasteiger partial charge on any atom is 0.334 e. The molecule has 0 aliphatic heterocycles. The predicted molar refractivity (Wildman–Crippen MR) is 72.0 cm³/mol. The SMILES string of the molecule is O=c1cc(Cl)[nH]c(=O)n1-c1ccc([N+](=O)[O-])cc1Br. The van der Waals surface area contributed by atoms with Gasteiger partial charge in [-0.2, -0.15) is 0 Å². The monoisotopic (exact) mass is 345 g/mol. The number of nitrogens with one attached hydrogen (secondary N) is 1. The van der Waals surface area contributed by atoms with Crippen LogP contribution >= 0.6 is 27.5 Å². The summed E-state index contributed by atoms with van der Waals surface area (Å²) in [5.74, 6) is 0. The third-order valence-electron chi connectivity index (χ3n) is 2.28. The molecular formula is C10H5BrClN3O4. The highest BCUT2D eigenvalue weighted by molar-refractivity contribution is 9.10. The largest absolute Gasteiger partial charge is 0.334 e. The van der Waals surface area contributed by atoms with E-state index >= 15 is 0 Å². The third kappa shape index (κ3) is 2.59. The number of nitrogens with zero attached hydrogens (tertiary/aromatic N) is 2. The zero-order valence-corrected chi connectivity index (χ0v) is 11.4. The van der Waals surface area contributed by atoms with Crippen LogP contribution in [0.15, 0.2) is 38.3 Å². The molecule has 1 N–H and O–H groups in total. The number of hydrogen-bond acceptors (Lipinski definition) is 4. The van der Waals surface area contributed by atoms with Gasteiger partial charge in [0.05, 0.1) is 10.6 Å². The van der Waals surface area contributed by atoms with E-state index in [4.69, 9.17) is 11.6 Å². The summed E-state index contributed by atoms with van der Waals surface area (Å²) >= 11 is 8.64. The first-order valence-corrected chi connectivity index (χ1v) is 6.03. The number of non-ortho nitro benzene ring substituents is 1. The van der Waals surface area contributed by atoms with Crippen LogP contribution in [0.3, 0.4) is 0 Å². The van der Waals surface area contributed by atoms with Gasteiger partial charge in [0.1, 0.15) is 5.15 Å². The van der Waals surface area contributed by atoms with Crippen molar-refractivity contribution in [2.75, 3.05) is 0 Å². The molecule has 2 rings (SSSR count). The Labute approximate surface area is 118 Å². The average molecular weight is 347 g/mol. The molecule has 19 heavy (non-hydrogen) atoms. The molecule has 0 atom stereocenters. The lowest BCUT2D eigenvalue weighted by Crippen LogP contribution is -2.33. The molecule has 1 aromatic carbocycles. The van der Waals surface area contributed by atoms with Crippen molar-refractivity contribution >= 4 is 33.2 Å². The first-order chi connectivity index (χ1) is 8.90. The molecule has 9 heteroatoms. The second-order valence-corrected chi connectivity index (χ2v) is 4.75. The standard InChI is InChI=1S/C10H5BrClN3O4/c11-6-3-5(15(18)19)1-2-7(6)14-9(16)4-8(12)13-10(14)17/h1-4H,(H,13,17). The van der Waals surface area contributed by atoms with E-state index in [9.17, 15) is 19.7 Å². The summed E-state index contributed by atoms with van der Waals surface area (Å²) in [6, 6.07) is 4.74. The van der Waals surface area contributed by atoms with Crippen molar-refractivity contribution in [3.63, 3.8) is 0 Å². The summed E-state index contributed by atoms with van der Waals surface area (Å²) in [6.07, 6.45) is 0. The van der Waals surface area contributed by atoms with Crippen molar-refractivity contribution < 1.29 is 4.92 Å². The quantitative estimate of drug-likeness (QED) is 0.510. The van der Waals surface area contributed by atoms with E-state index in [1.54, 1.807) is 0 Å². The Hall–Kier alpha value is -1.93. The molecule has 0 radical (unpaired) electrons. The van der Waals surface area contributed by atoms with Gasteiger partial charge in [-0.1, -0.05) is 11.6 Å². The van der Waals surface area contributed by atoms with Crippen molar-refractivity contribution in [1.82, 2.24) is 9.55 Å². The average Bonchev–Trinajstić information content (AvgIpc) is 2.29. The van der Waals surface area contributed by atoms with Crippen molar-refractivity contribution in [1.29, 1.82) is 0 Å². The van der Waals surface area contributed by atoms with Gasteiger partial charge in [-0.15, -0.1) is 0 Å². The highest BCUT2D eigenvalue weighted by atomic mass is 79.9. The first kappa shape index (κ1) is 13.5. The summed E-state index contributed by atoms with van der Waals surface area (Å²) in [7, 11) is 0. The maximum absolute atomic E-state index is 11.7. The van der Waals surface area contributed by atoms with Gasteiger partial charge < -0.3 is 0 Å². The van der Waals surface area contributed by atoms with Crippen LogP contribution < -0.4 is 11.2 Å². The summed E-state index contributed by atoms with van der Waals surface area (Å²) in [6.45, 7) is 0. The number of nitro groups is 1. The second kappa shape index (κ2) is 4.98. The summed E-state index contributed by atoms with van der Waals surface area (Å²) in [5, 5.41) is 10.5. The number of rotatable bonds is 2. The van der Waals surface area contributed by atoms with Crippen molar-refractivity contribution in [2.45, 2.75) is 0 Å². The third-order valence-corrected chi connectivity index (χ3v) is 3.12. The Bertz CT molecular complexity index is 752. The van der Waals surface area contributed by atoms with Crippen molar-refractivity contribution in [3.05, 3.63) is 64.8 Å². The Balaban J connectivity index is 2.71. The molecule has 0 saturated heterocycles. The number of aromatic amines is 1. The van der Waals surface area contributed by atoms with Crippen LogP contribution in [0.4, 0.5) is 5.69 Å². The number of benzene rings is 1. The number of halogens is 2. The molecule has 7 nitrogen and oxygen atoms in total. The maximum atomic E-state index is 11.7. The highest BCUT2D eigenvalue weighted by Crippen LogP contribution is 2.24. The molecule has 0 unspecified atom stereocenters. The molecule has 0 aliphatic rings. The fourth-order valence-corrected chi connectivity index (χ4v) is 2.20. The molecule has 0 amide bonds. The van der Waals surface area contributed by atoms with Gasteiger partial charge >= 0.3 is 5.69 Å². The number of hydrogen-bond donors (Lipinski definition) is 1. The Kier molecular flexibility index (Phi) is 3.54. The highest BCUT2D eigenvalue weighted by Gasteiger charge is 2.13. The topological polar surface area (TPSA) is 98.0 Å². The van der Waals surface area contributed by atoms with Gasteiger partial charge in [-0.3, -0.25) is 19.9 Å². The van der Waals surface area contributed by atoms with Gasteiger partial charge in [-0.05, 0) is 22.0 Å². The van der Waals surface area contributed by atoms with Gasteiger partial charge in [0.25, 0.3) is 11.2 Å². The molecular weight excluding hydrogens is 341 g/mol. The fraction of sp³-hybridized carbons (Fsp3) is 0. The minimum atomic E-state index is -0.730. The minimum absolute atomic E-state index is 0.0794. The molecule has 0 saturated carbocycles. The van der Waals surface area contributed by atoms with Gasteiger partial charge in [-0.25, -0.2) is 9.36 Å². The predicted octanol–water partition coefficient (Wildman–Crippen LogP) is 1.85. The number of H-pyrrole nitrogens is 1. The summed E-state index contributed by atoms with van der Waals surface area (Å²) in [4.78, 5) is 35.7. The molecule has 0 spiro atoms. The summed E-state index contributed by atoms with van der Waals surface area (Å²) in [5.41, 5.74) is -1.34. The fourth-order valence-electron chi connectivity index (χ4n) is 1.49. The van der Waals surface area contributed by atoms with E-state index < -0.39 is 16.2 Å². The van der Waals surface area contributed by atoms with Crippen LogP contribution in [0.5, 0.6) is 0 Å². The molecule has 0 aliphatic carbocycles. The Morgan fingerprint density at radius 2 is 2.00 bits per heavy atom. The van der Waals surface area contributed by atoms with Crippen LogP contribution in [-0.2, 0) is 0 Å². The van der Waals surface area contributed by atoms with E-state index in [2.05, 4.69) is 20.9 Å². The van der Waals surface area contributed by atoms with Crippen LogP contribution in [0, 0.1) is 10.1 Å². The van der Waals surface area contributed by atoms with Crippen LogP contribution in [0.1, 0.15) is 0 Å². The lowest BCUT2D eigenvalue weighted by Gasteiger charge is -2.06. The first-order valence-electron chi connectivity index (χ1n) is 4.86. The summed E-state index contributed by atoms with van der Waals surface area (Å²) < 4.78 is 1.07. The van der Waals surface area contributed by atoms with Gasteiger partial charge in [0, 0.05) is 22.7 Å². The zero-order chi connectivity index (χ0) is 14.2. The van der Waals surface area contributed by atoms with Crippen LogP contribution in [-0.4, -0.2) is 14.5 Å².